The molecule has 0 radical (unpaired) electrons. The van der Waals surface area contributed by atoms with Gasteiger partial charge >= 0.3 is 0 Å². The molecule has 3 rings (SSSR count). The lowest BCUT2D eigenvalue weighted by Crippen LogP contribution is -1.74. The second-order valence-corrected chi connectivity index (χ2v) is 4.60. The van der Waals surface area contributed by atoms with Gasteiger partial charge in [0.15, 0.2) is 0 Å². The van der Waals surface area contributed by atoms with Gasteiger partial charge in [-0.05, 0) is 6.07 Å². The number of thiophene rings is 1. The Labute approximate surface area is 97.9 Å². The summed E-state index contributed by atoms with van der Waals surface area (Å²) in [7, 11) is 0. The highest BCUT2D eigenvalue weighted by Gasteiger charge is 2.11. The van der Waals surface area contributed by atoms with Gasteiger partial charge in [-0.1, -0.05) is 18.2 Å². The third-order valence-electron chi connectivity index (χ3n) is 2.11. The van der Waals surface area contributed by atoms with Crippen molar-refractivity contribution in [3.05, 3.63) is 34.4 Å². The average Bonchev–Trinajstić information content (AvgIpc) is 2.83. The maximum Gasteiger partial charge on any atom is 0.285 e. The third kappa shape index (κ3) is 1.48. The Morgan fingerprint density at radius 2 is 2.07 bits per heavy atom. The van der Waals surface area contributed by atoms with Gasteiger partial charge in [-0.25, -0.2) is 0 Å². The first-order valence-electron chi connectivity index (χ1n) is 4.30. The monoisotopic (exact) mass is 280 g/mol. The lowest BCUT2D eigenvalue weighted by Gasteiger charge is -1.91. The fourth-order valence-electron chi connectivity index (χ4n) is 1.46. The Kier molecular flexibility index (Phi) is 2.07. The van der Waals surface area contributed by atoms with E-state index in [0.717, 1.165) is 10.9 Å². The maximum atomic E-state index is 5.34. The van der Waals surface area contributed by atoms with E-state index in [1.54, 1.807) is 11.3 Å². The molecule has 2 heterocycles. The number of hydrogen-bond donors (Lipinski definition) is 0. The zero-order valence-electron chi connectivity index (χ0n) is 7.48. The molecular weight excluding hydrogens is 276 g/mol. The Balaban J connectivity index is 2.27. The molecule has 0 spiro atoms. The summed E-state index contributed by atoms with van der Waals surface area (Å²) < 4.78 is 6.56. The van der Waals surface area contributed by atoms with Crippen LogP contribution in [0.25, 0.3) is 21.5 Å². The lowest BCUT2D eigenvalue weighted by molar-refractivity contribution is 0.541. The number of nitrogens with zero attached hydrogens (tertiary/aromatic N) is 2. The number of hydrogen-bond acceptors (Lipinski definition) is 4. The van der Waals surface area contributed by atoms with Gasteiger partial charge in [0.2, 0.25) is 5.89 Å². The van der Waals surface area contributed by atoms with E-state index < -0.39 is 0 Å². The fraction of sp³-hybridized carbons (Fsp3) is 0. The van der Waals surface area contributed by atoms with Gasteiger partial charge < -0.3 is 4.42 Å². The van der Waals surface area contributed by atoms with Crippen molar-refractivity contribution >= 4 is 37.4 Å². The maximum absolute atomic E-state index is 5.34. The number of benzene rings is 1. The molecule has 5 heteroatoms. The van der Waals surface area contributed by atoms with E-state index in [-0.39, 0.29) is 0 Å². The molecule has 0 atom stereocenters. The molecular formula is C10H5BrN2OS. The molecule has 1 aromatic carbocycles. The van der Waals surface area contributed by atoms with E-state index in [1.165, 1.54) is 4.70 Å². The van der Waals surface area contributed by atoms with Crippen molar-refractivity contribution in [2.75, 3.05) is 0 Å². The predicted octanol–water partition coefficient (Wildman–Crippen LogP) is 3.71. The minimum Gasteiger partial charge on any atom is -0.411 e. The molecule has 0 aliphatic heterocycles. The van der Waals surface area contributed by atoms with Crippen molar-refractivity contribution in [3.63, 3.8) is 0 Å². The van der Waals surface area contributed by atoms with Gasteiger partial charge in [-0.3, -0.25) is 0 Å². The van der Waals surface area contributed by atoms with E-state index in [1.807, 2.05) is 17.5 Å². The summed E-state index contributed by atoms with van der Waals surface area (Å²) in [5, 5.41) is 10.9. The van der Waals surface area contributed by atoms with Gasteiger partial charge in [0, 0.05) is 31.4 Å². The van der Waals surface area contributed by atoms with Crippen LogP contribution in [0.3, 0.4) is 0 Å². The van der Waals surface area contributed by atoms with Crippen LogP contribution in [0.4, 0.5) is 0 Å². The van der Waals surface area contributed by atoms with Crippen molar-refractivity contribution in [1.29, 1.82) is 0 Å². The molecule has 0 aliphatic rings. The smallest absolute Gasteiger partial charge is 0.285 e. The number of fused-ring (bicyclic) bond motifs is 1. The van der Waals surface area contributed by atoms with E-state index in [0.29, 0.717) is 10.7 Å². The van der Waals surface area contributed by atoms with Crippen LogP contribution in [0, 0.1) is 0 Å². The molecule has 74 valence electrons. The second kappa shape index (κ2) is 3.43. The number of rotatable bonds is 1. The zero-order chi connectivity index (χ0) is 10.3. The van der Waals surface area contributed by atoms with Crippen molar-refractivity contribution in [2.24, 2.45) is 0 Å². The van der Waals surface area contributed by atoms with Crippen LogP contribution in [0.15, 0.2) is 38.9 Å². The molecule has 0 aliphatic carbocycles. The highest BCUT2D eigenvalue weighted by Crippen LogP contribution is 2.33. The number of aromatic nitrogens is 2. The van der Waals surface area contributed by atoms with Crippen molar-refractivity contribution in [2.45, 2.75) is 0 Å². The highest BCUT2D eigenvalue weighted by molar-refractivity contribution is 9.10. The number of halogens is 1. The first-order chi connectivity index (χ1) is 7.34. The Hall–Kier alpha value is -1.20. The van der Waals surface area contributed by atoms with Crippen LogP contribution in [-0.2, 0) is 0 Å². The molecule has 15 heavy (non-hydrogen) atoms. The normalized spacial score (nSPS) is 11.0. The van der Waals surface area contributed by atoms with Gasteiger partial charge in [0.1, 0.15) is 0 Å². The first kappa shape index (κ1) is 9.06. The molecule has 2 aromatic heterocycles. The summed E-state index contributed by atoms with van der Waals surface area (Å²) in [6, 6.07) is 8.16. The third-order valence-corrected chi connectivity index (χ3v) is 3.40. The van der Waals surface area contributed by atoms with Crippen LogP contribution < -0.4 is 0 Å². The lowest BCUT2D eigenvalue weighted by atomic mass is 10.2. The largest absolute Gasteiger partial charge is 0.411 e. The molecule has 3 aromatic rings. The van der Waals surface area contributed by atoms with E-state index in [2.05, 4.69) is 38.3 Å². The highest BCUT2D eigenvalue weighted by atomic mass is 79.9. The summed E-state index contributed by atoms with van der Waals surface area (Å²) in [5.74, 6) is 0.555. The van der Waals surface area contributed by atoms with Crippen LogP contribution in [0.5, 0.6) is 0 Å². The first-order valence-corrected chi connectivity index (χ1v) is 5.97. The van der Waals surface area contributed by atoms with E-state index in [9.17, 15) is 0 Å². The Bertz CT molecular complexity index is 616. The SMILES string of the molecule is Brc1nnc(-c2csc3ccccc23)o1. The van der Waals surface area contributed by atoms with Crippen molar-refractivity contribution in [1.82, 2.24) is 10.2 Å². The molecule has 0 saturated heterocycles. The summed E-state index contributed by atoms with van der Waals surface area (Å²) in [6.45, 7) is 0. The minimum atomic E-state index is 0.410. The standard InChI is InChI=1S/C10H5BrN2OS/c11-10-13-12-9(14-10)7-5-15-8-4-2-1-3-6(7)8/h1-5H. The topological polar surface area (TPSA) is 38.9 Å². The Morgan fingerprint density at radius 3 is 2.87 bits per heavy atom. The van der Waals surface area contributed by atoms with E-state index >= 15 is 0 Å². The van der Waals surface area contributed by atoms with Crippen LogP contribution in [0.1, 0.15) is 0 Å². The predicted molar refractivity (Wildman–Crippen MR) is 62.8 cm³/mol. The van der Waals surface area contributed by atoms with Crippen LogP contribution in [0.2, 0.25) is 0 Å². The summed E-state index contributed by atoms with van der Waals surface area (Å²) in [5.41, 5.74) is 0.994. The van der Waals surface area contributed by atoms with Gasteiger partial charge in [-0.2, -0.15) is 0 Å². The van der Waals surface area contributed by atoms with Gasteiger partial charge in [0.25, 0.3) is 4.80 Å². The quantitative estimate of drug-likeness (QED) is 0.682. The summed E-state index contributed by atoms with van der Waals surface area (Å²) >= 11 is 4.82. The average molecular weight is 281 g/mol. The van der Waals surface area contributed by atoms with Crippen LogP contribution in [-0.4, -0.2) is 10.2 Å². The van der Waals surface area contributed by atoms with Gasteiger partial charge in [0.05, 0.1) is 5.56 Å². The summed E-state index contributed by atoms with van der Waals surface area (Å²) in [4.78, 5) is 0.410. The van der Waals surface area contributed by atoms with Crippen molar-refractivity contribution < 1.29 is 4.42 Å². The summed E-state index contributed by atoms with van der Waals surface area (Å²) in [6.07, 6.45) is 0. The van der Waals surface area contributed by atoms with Crippen molar-refractivity contribution in [3.8, 4) is 11.5 Å². The molecule has 0 N–H and O–H groups in total. The van der Waals surface area contributed by atoms with E-state index in [4.69, 9.17) is 4.42 Å². The minimum absolute atomic E-state index is 0.410. The molecule has 0 bridgehead atoms. The molecule has 3 nitrogen and oxygen atoms in total. The second-order valence-electron chi connectivity index (χ2n) is 3.01. The molecule has 0 fully saturated rings. The van der Waals surface area contributed by atoms with Gasteiger partial charge in [-0.15, -0.1) is 21.5 Å². The Morgan fingerprint density at radius 1 is 1.20 bits per heavy atom. The zero-order valence-corrected chi connectivity index (χ0v) is 9.88. The molecule has 0 amide bonds. The molecule has 0 unspecified atom stereocenters. The molecule has 0 saturated carbocycles. The fourth-order valence-corrected chi connectivity index (χ4v) is 2.62. The van der Waals surface area contributed by atoms with Crippen LogP contribution >= 0.6 is 27.3 Å².